The monoisotopic (exact) mass is 491 g/mol. The molecular formula is C29H49NO5. The molecule has 0 saturated carbocycles. The molecule has 0 saturated heterocycles. The largest absolute Gasteiger partial charge is 0.461 e. The molecule has 0 aliphatic rings. The van der Waals surface area contributed by atoms with Crippen molar-refractivity contribution in [3.8, 4) is 0 Å². The maximum Gasteiger partial charge on any atom is 0.356 e. The third kappa shape index (κ3) is 15.6. The summed E-state index contributed by atoms with van der Waals surface area (Å²) in [4.78, 5) is 28.9. The summed E-state index contributed by atoms with van der Waals surface area (Å²) in [7, 11) is 1.71. The summed E-state index contributed by atoms with van der Waals surface area (Å²) in [6.07, 6.45) is 17.5. The van der Waals surface area contributed by atoms with Crippen LogP contribution in [0.4, 0.5) is 0 Å². The minimum absolute atomic E-state index is 0.139. The lowest BCUT2D eigenvalue weighted by atomic mass is 9.96. The molecule has 0 aliphatic heterocycles. The van der Waals surface area contributed by atoms with Crippen LogP contribution < -0.4 is 0 Å². The first-order chi connectivity index (χ1) is 17.1. The lowest BCUT2D eigenvalue weighted by Crippen LogP contribution is -2.15. The smallest absolute Gasteiger partial charge is 0.356 e. The van der Waals surface area contributed by atoms with Crippen LogP contribution in [0.15, 0.2) is 18.2 Å². The zero-order chi connectivity index (χ0) is 25.6. The van der Waals surface area contributed by atoms with Gasteiger partial charge in [-0.25, -0.2) is 14.6 Å². The van der Waals surface area contributed by atoms with Crippen molar-refractivity contribution in [3.05, 3.63) is 29.6 Å². The van der Waals surface area contributed by atoms with Crippen LogP contribution in [0.25, 0.3) is 0 Å². The van der Waals surface area contributed by atoms with Gasteiger partial charge in [-0.3, -0.25) is 0 Å². The maximum absolute atomic E-state index is 12.4. The molecule has 0 N–H and O–H groups in total. The summed E-state index contributed by atoms with van der Waals surface area (Å²) < 4.78 is 16.0. The van der Waals surface area contributed by atoms with Crippen LogP contribution in [0, 0.1) is 5.92 Å². The number of aromatic nitrogens is 1. The molecule has 0 radical (unpaired) electrons. The lowest BCUT2D eigenvalue weighted by molar-refractivity contribution is 0.0463. The van der Waals surface area contributed by atoms with E-state index in [0.29, 0.717) is 25.7 Å². The number of carbonyl (C=O) groups is 2. The summed E-state index contributed by atoms with van der Waals surface area (Å²) in [5.74, 6) is -0.520. The molecule has 0 spiro atoms. The molecule has 0 bridgehead atoms. The van der Waals surface area contributed by atoms with E-state index in [0.717, 1.165) is 44.9 Å². The van der Waals surface area contributed by atoms with Crippen molar-refractivity contribution in [2.75, 3.05) is 26.9 Å². The Labute approximate surface area is 213 Å². The fraction of sp³-hybridized carbons (Fsp3) is 0.759. The Hall–Kier alpha value is -1.95. The maximum atomic E-state index is 12.4. The van der Waals surface area contributed by atoms with E-state index < -0.39 is 11.9 Å². The van der Waals surface area contributed by atoms with E-state index in [1.54, 1.807) is 25.3 Å². The number of nitrogens with zero attached hydrogens (tertiary/aromatic N) is 1. The van der Waals surface area contributed by atoms with E-state index in [4.69, 9.17) is 14.2 Å². The molecule has 0 aromatic carbocycles. The molecule has 1 unspecified atom stereocenters. The molecule has 35 heavy (non-hydrogen) atoms. The number of hydrogen-bond acceptors (Lipinski definition) is 6. The molecule has 0 amide bonds. The molecule has 1 aromatic heterocycles. The fourth-order valence-electron chi connectivity index (χ4n) is 4.09. The normalized spacial score (nSPS) is 11.9. The van der Waals surface area contributed by atoms with E-state index in [-0.39, 0.29) is 11.4 Å². The highest BCUT2D eigenvalue weighted by atomic mass is 16.5. The Balaban J connectivity index is 2.28. The van der Waals surface area contributed by atoms with Gasteiger partial charge in [0.25, 0.3) is 0 Å². The Kier molecular flexibility index (Phi) is 19.0. The van der Waals surface area contributed by atoms with Gasteiger partial charge in [0.15, 0.2) is 0 Å². The number of rotatable bonds is 22. The van der Waals surface area contributed by atoms with Gasteiger partial charge in [0.1, 0.15) is 11.4 Å². The van der Waals surface area contributed by atoms with Crippen LogP contribution >= 0.6 is 0 Å². The minimum atomic E-state index is -0.504. The average Bonchev–Trinajstić information content (AvgIpc) is 2.88. The first-order valence-corrected chi connectivity index (χ1v) is 13.9. The number of esters is 2. The topological polar surface area (TPSA) is 74.7 Å². The second-order valence-electron chi connectivity index (χ2n) is 9.44. The van der Waals surface area contributed by atoms with Crippen LogP contribution in [0.5, 0.6) is 0 Å². The molecule has 6 nitrogen and oxygen atoms in total. The van der Waals surface area contributed by atoms with Crippen LogP contribution in [-0.2, 0) is 14.2 Å². The third-order valence-corrected chi connectivity index (χ3v) is 6.35. The molecule has 1 rings (SSSR count). The first kappa shape index (κ1) is 31.1. The van der Waals surface area contributed by atoms with Gasteiger partial charge >= 0.3 is 11.9 Å². The van der Waals surface area contributed by atoms with E-state index in [2.05, 4.69) is 18.8 Å². The highest BCUT2D eigenvalue weighted by Crippen LogP contribution is 2.17. The molecule has 0 fully saturated rings. The van der Waals surface area contributed by atoms with E-state index in [1.807, 2.05) is 0 Å². The van der Waals surface area contributed by atoms with Crippen molar-refractivity contribution in [1.82, 2.24) is 4.98 Å². The number of ether oxygens (including phenoxy) is 3. The molecule has 200 valence electrons. The number of pyridine rings is 1. The van der Waals surface area contributed by atoms with Gasteiger partial charge in [-0.1, -0.05) is 97.0 Å². The molecule has 1 atom stereocenters. The van der Waals surface area contributed by atoms with E-state index >= 15 is 0 Å². The van der Waals surface area contributed by atoms with Gasteiger partial charge in [-0.15, -0.1) is 0 Å². The Morgan fingerprint density at radius 1 is 0.686 bits per heavy atom. The predicted octanol–water partition coefficient (Wildman–Crippen LogP) is 7.55. The van der Waals surface area contributed by atoms with Crippen molar-refractivity contribution in [2.45, 2.75) is 110 Å². The highest BCUT2D eigenvalue weighted by Gasteiger charge is 2.15. The van der Waals surface area contributed by atoms with Crippen molar-refractivity contribution >= 4 is 11.9 Å². The van der Waals surface area contributed by atoms with Crippen LogP contribution in [0.2, 0.25) is 0 Å². The SMILES string of the molecule is CCCCCCCCCCCCOC(=O)c1cccc(C(=O)OCCC(CCCC)CCOC)n1. The highest BCUT2D eigenvalue weighted by molar-refractivity contribution is 5.91. The van der Waals surface area contributed by atoms with E-state index in [1.165, 1.54) is 51.4 Å². The zero-order valence-corrected chi connectivity index (χ0v) is 22.5. The molecule has 6 heteroatoms. The third-order valence-electron chi connectivity index (χ3n) is 6.35. The first-order valence-electron chi connectivity index (χ1n) is 13.9. The standard InChI is InChI=1S/C29H49NO5/c1-4-6-8-9-10-11-12-13-14-15-22-34-28(31)26-18-16-19-27(30-26)29(32)35-24-21-25(17-7-5-2)20-23-33-3/h16,18-19,25H,4-15,17,20-24H2,1-3H3. The number of methoxy groups -OCH3 is 1. The second kappa shape index (κ2) is 21.3. The van der Waals surface area contributed by atoms with Crippen molar-refractivity contribution in [2.24, 2.45) is 5.92 Å². The zero-order valence-electron chi connectivity index (χ0n) is 22.5. The number of carbonyl (C=O) groups excluding carboxylic acids is 2. The molecule has 1 heterocycles. The van der Waals surface area contributed by atoms with Gasteiger partial charge in [-0.05, 0) is 37.3 Å². The van der Waals surface area contributed by atoms with Gasteiger partial charge < -0.3 is 14.2 Å². The Morgan fingerprint density at radius 2 is 1.20 bits per heavy atom. The summed E-state index contributed by atoms with van der Waals surface area (Å²) in [5, 5.41) is 0. The lowest BCUT2D eigenvalue weighted by Gasteiger charge is -2.16. The van der Waals surface area contributed by atoms with Crippen molar-refractivity contribution < 1.29 is 23.8 Å². The van der Waals surface area contributed by atoms with Crippen LogP contribution in [0.3, 0.4) is 0 Å². The molecule has 0 aliphatic carbocycles. The minimum Gasteiger partial charge on any atom is -0.461 e. The second-order valence-corrected chi connectivity index (χ2v) is 9.44. The predicted molar refractivity (Wildman–Crippen MR) is 141 cm³/mol. The quantitative estimate of drug-likeness (QED) is 0.123. The summed E-state index contributed by atoms with van der Waals surface area (Å²) >= 11 is 0. The fourth-order valence-corrected chi connectivity index (χ4v) is 4.09. The molecular weight excluding hydrogens is 442 g/mol. The number of hydrogen-bond donors (Lipinski definition) is 0. The van der Waals surface area contributed by atoms with Gasteiger partial charge in [-0.2, -0.15) is 0 Å². The average molecular weight is 492 g/mol. The van der Waals surface area contributed by atoms with Gasteiger partial charge in [0, 0.05) is 13.7 Å². The summed E-state index contributed by atoms with van der Waals surface area (Å²) in [6.45, 7) is 5.85. The van der Waals surface area contributed by atoms with Crippen LogP contribution in [0.1, 0.15) is 131 Å². The van der Waals surface area contributed by atoms with Gasteiger partial charge in [0.05, 0.1) is 13.2 Å². The van der Waals surface area contributed by atoms with E-state index in [9.17, 15) is 9.59 Å². The summed E-state index contributed by atoms with van der Waals surface area (Å²) in [5.41, 5.74) is 0.285. The molecule has 1 aromatic rings. The van der Waals surface area contributed by atoms with Crippen molar-refractivity contribution in [1.29, 1.82) is 0 Å². The Morgan fingerprint density at radius 3 is 1.77 bits per heavy atom. The van der Waals surface area contributed by atoms with Crippen LogP contribution in [-0.4, -0.2) is 43.9 Å². The van der Waals surface area contributed by atoms with Gasteiger partial charge in [0.2, 0.25) is 0 Å². The number of unbranched alkanes of at least 4 members (excludes halogenated alkanes) is 10. The summed E-state index contributed by atoms with van der Waals surface area (Å²) in [6, 6.07) is 4.79. The van der Waals surface area contributed by atoms with Crippen molar-refractivity contribution in [3.63, 3.8) is 0 Å². The Bertz CT molecular complexity index is 671.